The molecule has 0 saturated heterocycles. The van der Waals surface area contributed by atoms with Crippen molar-refractivity contribution in [2.75, 3.05) is 11.9 Å². The first-order valence-electron chi connectivity index (χ1n) is 7.91. The zero-order valence-electron chi connectivity index (χ0n) is 13.7. The number of nitrogens with one attached hydrogen (secondary N) is 3. The first kappa shape index (κ1) is 17.1. The molecule has 1 aliphatic heterocycles. The number of rotatable bonds is 5. The highest BCUT2D eigenvalue weighted by molar-refractivity contribution is 7.09. The Bertz CT molecular complexity index is 818. The maximum atomic E-state index is 12.2. The Balaban J connectivity index is 1.54. The Kier molecular flexibility index (Phi) is 5.08. The quantitative estimate of drug-likeness (QED) is 0.749. The smallest absolute Gasteiger partial charge is 0.254 e. The van der Waals surface area contributed by atoms with Crippen molar-refractivity contribution in [2.24, 2.45) is 0 Å². The van der Waals surface area contributed by atoms with Crippen LogP contribution in [0.2, 0.25) is 0 Å². The molecule has 7 nitrogen and oxygen atoms in total. The Labute approximate surface area is 148 Å². The fourth-order valence-electron chi connectivity index (χ4n) is 2.54. The molecule has 8 heteroatoms. The van der Waals surface area contributed by atoms with E-state index in [1.807, 2.05) is 12.3 Å². The number of benzene rings is 1. The Morgan fingerprint density at radius 3 is 2.88 bits per heavy atom. The van der Waals surface area contributed by atoms with E-state index in [0.717, 1.165) is 10.7 Å². The van der Waals surface area contributed by atoms with E-state index in [-0.39, 0.29) is 18.2 Å². The summed E-state index contributed by atoms with van der Waals surface area (Å²) >= 11 is 1.55. The van der Waals surface area contributed by atoms with Crippen LogP contribution in [-0.4, -0.2) is 35.3 Å². The minimum Gasteiger partial charge on any atom is -0.356 e. The average Bonchev–Trinajstić information content (AvgIpc) is 2.95. The summed E-state index contributed by atoms with van der Waals surface area (Å²) in [7, 11) is 0. The molecular formula is C17H18N4O3S. The lowest BCUT2D eigenvalue weighted by Gasteiger charge is -2.14. The highest BCUT2D eigenvalue weighted by atomic mass is 32.1. The summed E-state index contributed by atoms with van der Waals surface area (Å²) in [6, 6.07) is 5.84. The highest BCUT2D eigenvalue weighted by Gasteiger charge is 2.29. The van der Waals surface area contributed by atoms with Crippen LogP contribution in [0.3, 0.4) is 0 Å². The van der Waals surface area contributed by atoms with E-state index in [0.29, 0.717) is 24.2 Å². The maximum Gasteiger partial charge on any atom is 0.254 e. The van der Waals surface area contributed by atoms with Crippen LogP contribution >= 0.6 is 11.3 Å². The summed E-state index contributed by atoms with van der Waals surface area (Å²) in [4.78, 5) is 40.9. The second-order valence-electron chi connectivity index (χ2n) is 5.75. The second kappa shape index (κ2) is 7.43. The van der Waals surface area contributed by atoms with E-state index >= 15 is 0 Å². The van der Waals surface area contributed by atoms with Crippen molar-refractivity contribution in [1.29, 1.82) is 0 Å². The molecule has 0 fully saturated rings. The maximum absolute atomic E-state index is 12.2. The molecule has 0 saturated carbocycles. The molecule has 0 unspecified atom stereocenters. The van der Waals surface area contributed by atoms with Crippen molar-refractivity contribution in [2.45, 2.75) is 25.8 Å². The predicted molar refractivity (Wildman–Crippen MR) is 94.5 cm³/mol. The van der Waals surface area contributed by atoms with E-state index in [2.05, 4.69) is 20.9 Å². The van der Waals surface area contributed by atoms with Crippen LogP contribution in [-0.2, 0) is 16.0 Å². The predicted octanol–water partition coefficient (Wildman–Crippen LogP) is 1.25. The summed E-state index contributed by atoms with van der Waals surface area (Å²) in [5, 5.41) is 11.0. The van der Waals surface area contributed by atoms with Gasteiger partial charge >= 0.3 is 0 Å². The molecule has 2 aromatic rings. The first-order valence-corrected chi connectivity index (χ1v) is 8.79. The van der Waals surface area contributed by atoms with Gasteiger partial charge in [-0.05, 0) is 19.1 Å². The van der Waals surface area contributed by atoms with E-state index in [1.165, 1.54) is 0 Å². The lowest BCUT2D eigenvalue weighted by Crippen LogP contribution is -2.44. The number of anilines is 1. The third kappa shape index (κ3) is 4.21. The van der Waals surface area contributed by atoms with Crippen molar-refractivity contribution in [3.8, 4) is 0 Å². The first-order chi connectivity index (χ1) is 12.0. The molecule has 0 bridgehead atoms. The van der Waals surface area contributed by atoms with Gasteiger partial charge in [0, 0.05) is 24.0 Å². The van der Waals surface area contributed by atoms with Crippen molar-refractivity contribution in [3.63, 3.8) is 0 Å². The fourth-order valence-corrected chi connectivity index (χ4v) is 3.32. The highest BCUT2D eigenvalue weighted by Crippen LogP contribution is 2.18. The van der Waals surface area contributed by atoms with Gasteiger partial charge in [-0.2, -0.15) is 0 Å². The number of nitrogens with zero attached hydrogens (tertiary/aromatic N) is 1. The molecule has 2 heterocycles. The molecule has 25 heavy (non-hydrogen) atoms. The van der Waals surface area contributed by atoms with E-state index in [4.69, 9.17) is 0 Å². The molecule has 0 spiro atoms. The number of aryl methyl sites for hydroxylation is 1. The van der Waals surface area contributed by atoms with Gasteiger partial charge in [-0.3, -0.25) is 14.4 Å². The number of hydrogen-bond donors (Lipinski definition) is 3. The molecule has 0 aliphatic carbocycles. The normalized spacial score (nSPS) is 16.4. The molecule has 130 valence electrons. The Morgan fingerprint density at radius 1 is 1.32 bits per heavy atom. The van der Waals surface area contributed by atoms with Crippen LogP contribution in [0, 0.1) is 6.92 Å². The van der Waals surface area contributed by atoms with Crippen LogP contribution in [0.15, 0.2) is 29.6 Å². The van der Waals surface area contributed by atoms with Gasteiger partial charge in [0.15, 0.2) is 0 Å². The van der Waals surface area contributed by atoms with Gasteiger partial charge in [0.1, 0.15) is 6.04 Å². The Morgan fingerprint density at radius 2 is 2.12 bits per heavy atom. The number of carbonyl (C=O) groups excluding carboxylic acids is 3. The summed E-state index contributed by atoms with van der Waals surface area (Å²) in [5.41, 5.74) is 1.80. The van der Waals surface area contributed by atoms with Gasteiger partial charge in [-0.25, -0.2) is 4.98 Å². The zero-order valence-corrected chi connectivity index (χ0v) is 14.5. The molecule has 1 aromatic heterocycles. The van der Waals surface area contributed by atoms with Gasteiger partial charge in [-0.1, -0.05) is 12.1 Å². The summed E-state index contributed by atoms with van der Waals surface area (Å²) in [6.45, 7) is 2.36. The van der Waals surface area contributed by atoms with Crippen molar-refractivity contribution >= 4 is 34.7 Å². The number of carbonyl (C=O) groups is 3. The zero-order chi connectivity index (χ0) is 17.8. The van der Waals surface area contributed by atoms with Gasteiger partial charge < -0.3 is 16.0 Å². The number of thiazole rings is 1. The standard InChI is InChI=1S/C17H18N4O3S/c1-10-9-25-15(19-10)6-7-18-14(22)8-13-17(24)20-12-5-3-2-4-11(12)16(23)21-13/h2-5,9,13H,6-8H2,1H3,(H,18,22)(H,20,24)(H,21,23)/t13-/m1/s1. The lowest BCUT2D eigenvalue weighted by atomic mass is 10.1. The summed E-state index contributed by atoms with van der Waals surface area (Å²) in [5.74, 6) is -1.06. The third-order valence-corrected chi connectivity index (χ3v) is 4.79. The van der Waals surface area contributed by atoms with Gasteiger partial charge in [0.05, 0.1) is 22.7 Å². The van der Waals surface area contributed by atoms with Crippen LogP contribution in [0.5, 0.6) is 0 Å². The fraction of sp³-hybridized carbons (Fsp3) is 0.294. The van der Waals surface area contributed by atoms with Crippen molar-refractivity contribution < 1.29 is 14.4 Å². The minimum atomic E-state index is -0.901. The SMILES string of the molecule is Cc1csc(CCNC(=O)C[C@H]2NC(=O)c3ccccc3NC2=O)n1. The van der Waals surface area contributed by atoms with Crippen molar-refractivity contribution in [3.05, 3.63) is 45.9 Å². The monoisotopic (exact) mass is 358 g/mol. The molecule has 3 amide bonds. The van der Waals surface area contributed by atoms with Crippen LogP contribution in [0.4, 0.5) is 5.69 Å². The minimum absolute atomic E-state index is 0.109. The summed E-state index contributed by atoms with van der Waals surface area (Å²) in [6.07, 6.45) is 0.529. The van der Waals surface area contributed by atoms with Gasteiger partial charge in [0.2, 0.25) is 11.8 Å². The number of para-hydroxylation sites is 1. The summed E-state index contributed by atoms with van der Waals surface area (Å²) < 4.78 is 0. The van der Waals surface area contributed by atoms with E-state index < -0.39 is 11.9 Å². The molecule has 3 rings (SSSR count). The largest absolute Gasteiger partial charge is 0.356 e. The van der Waals surface area contributed by atoms with Gasteiger partial charge in [0.25, 0.3) is 5.91 Å². The van der Waals surface area contributed by atoms with Crippen LogP contribution in [0.1, 0.15) is 27.5 Å². The third-order valence-electron chi connectivity index (χ3n) is 3.77. The number of amides is 3. The van der Waals surface area contributed by atoms with Gasteiger partial charge in [-0.15, -0.1) is 11.3 Å². The van der Waals surface area contributed by atoms with Crippen molar-refractivity contribution in [1.82, 2.24) is 15.6 Å². The van der Waals surface area contributed by atoms with E-state index in [1.54, 1.807) is 35.6 Å². The Hall–Kier alpha value is -2.74. The second-order valence-corrected chi connectivity index (χ2v) is 6.69. The van der Waals surface area contributed by atoms with E-state index in [9.17, 15) is 14.4 Å². The number of aromatic nitrogens is 1. The average molecular weight is 358 g/mol. The molecule has 3 N–H and O–H groups in total. The molecule has 1 aliphatic rings. The van der Waals surface area contributed by atoms with Crippen LogP contribution < -0.4 is 16.0 Å². The molecule has 1 atom stereocenters. The molecule has 0 radical (unpaired) electrons. The lowest BCUT2D eigenvalue weighted by molar-refractivity contribution is -0.125. The number of hydrogen-bond acceptors (Lipinski definition) is 5. The molecular weight excluding hydrogens is 340 g/mol. The topological polar surface area (TPSA) is 100 Å². The van der Waals surface area contributed by atoms with Crippen LogP contribution in [0.25, 0.3) is 0 Å². The number of fused-ring (bicyclic) bond motifs is 1. The molecule has 1 aromatic carbocycles.